The molecule has 0 amide bonds. The van der Waals surface area contributed by atoms with E-state index in [1.165, 1.54) is 18.5 Å². The minimum Gasteiger partial charge on any atom is -0.477 e. The first-order valence-corrected chi connectivity index (χ1v) is 11.5. The molecule has 0 aliphatic rings. The number of aryl methyl sites for hydroxylation is 1. The van der Waals surface area contributed by atoms with Crippen LogP contribution < -0.4 is 15.8 Å². The van der Waals surface area contributed by atoms with Gasteiger partial charge in [-0.3, -0.25) is 4.68 Å². The fourth-order valence-electron chi connectivity index (χ4n) is 3.46. The van der Waals surface area contributed by atoms with E-state index in [1.54, 1.807) is 36.3 Å². The molecule has 0 saturated heterocycles. The molecule has 37 heavy (non-hydrogen) atoms. The first-order valence-electron chi connectivity index (χ1n) is 11.1. The third-order valence-electron chi connectivity index (χ3n) is 5.29. The minimum atomic E-state index is -4.38. The SMILES string of the molecule is Cn1ncc(-c2nccc(N)n2)c1OCC(C)(C)CNc1cc(Cl)ncc1-c1ccn(CC(F)(F)F)n1. The highest BCUT2D eigenvalue weighted by molar-refractivity contribution is 6.29. The summed E-state index contributed by atoms with van der Waals surface area (Å²) >= 11 is 6.10. The summed E-state index contributed by atoms with van der Waals surface area (Å²) in [6, 6.07) is 4.70. The van der Waals surface area contributed by atoms with E-state index in [2.05, 4.69) is 30.5 Å². The zero-order valence-electron chi connectivity index (χ0n) is 20.3. The highest BCUT2D eigenvalue weighted by Crippen LogP contribution is 2.31. The molecule has 0 bridgehead atoms. The molecule has 0 spiro atoms. The van der Waals surface area contributed by atoms with Crippen molar-refractivity contribution in [1.29, 1.82) is 0 Å². The predicted octanol–water partition coefficient (Wildman–Crippen LogP) is 4.45. The van der Waals surface area contributed by atoms with Gasteiger partial charge in [-0.1, -0.05) is 25.4 Å². The smallest absolute Gasteiger partial charge is 0.408 e. The highest BCUT2D eigenvalue weighted by Gasteiger charge is 2.29. The van der Waals surface area contributed by atoms with E-state index in [9.17, 15) is 13.2 Å². The average Bonchev–Trinajstić information content (AvgIpc) is 3.41. The molecule has 0 fully saturated rings. The maximum absolute atomic E-state index is 12.7. The van der Waals surface area contributed by atoms with Gasteiger partial charge in [0.2, 0.25) is 5.88 Å². The number of rotatable bonds is 9. The van der Waals surface area contributed by atoms with Gasteiger partial charge < -0.3 is 15.8 Å². The Bertz CT molecular complexity index is 1380. The molecule has 0 aliphatic heterocycles. The summed E-state index contributed by atoms with van der Waals surface area (Å²) in [5.74, 6) is 1.22. The number of ether oxygens (including phenoxy) is 1. The fourth-order valence-corrected chi connectivity index (χ4v) is 3.62. The zero-order valence-corrected chi connectivity index (χ0v) is 21.0. The number of nitrogens with one attached hydrogen (secondary N) is 1. The van der Waals surface area contributed by atoms with Crippen LogP contribution >= 0.6 is 11.6 Å². The third-order valence-corrected chi connectivity index (χ3v) is 5.49. The quantitative estimate of drug-likeness (QED) is 0.301. The number of nitrogens with two attached hydrogens (primary N) is 1. The van der Waals surface area contributed by atoms with Crippen LogP contribution in [0.5, 0.6) is 5.88 Å². The molecule has 4 aromatic heterocycles. The van der Waals surface area contributed by atoms with Crippen molar-refractivity contribution >= 4 is 23.1 Å². The van der Waals surface area contributed by atoms with E-state index >= 15 is 0 Å². The van der Waals surface area contributed by atoms with Crippen LogP contribution in [0.4, 0.5) is 24.7 Å². The van der Waals surface area contributed by atoms with Gasteiger partial charge in [-0.05, 0) is 18.2 Å². The van der Waals surface area contributed by atoms with Crippen molar-refractivity contribution in [1.82, 2.24) is 34.5 Å². The van der Waals surface area contributed by atoms with Crippen LogP contribution in [-0.4, -0.2) is 53.8 Å². The molecule has 0 radical (unpaired) electrons. The second-order valence-electron chi connectivity index (χ2n) is 9.16. The van der Waals surface area contributed by atoms with Crippen molar-refractivity contribution in [3.05, 3.63) is 48.1 Å². The van der Waals surface area contributed by atoms with Crippen molar-refractivity contribution in [2.24, 2.45) is 12.5 Å². The second kappa shape index (κ2) is 10.2. The van der Waals surface area contributed by atoms with Crippen molar-refractivity contribution in [3.8, 4) is 28.5 Å². The first-order chi connectivity index (χ1) is 17.4. The average molecular weight is 536 g/mol. The topological polar surface area (TPSA) is 122 Å². The van der Waals surface area contributed by atoms with Gasteiger partial charge in [-0.15, -0.1) is 0 Å². The molecule has 10 nitrogen and oxygen atoms in total. The van der Waals surface area contributed by atoms with Crippen LogP contribution in [0.3, 0.4) is 0 Å². The number of anilines is 2. The van der Waals surface area contributed by atoms with Gasteiger partial charge in [-0.25, -0.2) is 19.6 Å². The number of hydrogen-bond donors (Lipinski definition) is 2. The zero-order chi connectivity index (χ0) is 26.8. The van der Waals surface area contributed by atoms with Crippen molar-refractivity contribution in [2.75, 3.05) is 24.2 Å². The molecule has 14 heteroatoms. The molecule has 3 N–H and O–H groups in total. The van der Waals surface area contributed by atoms with Gasteiger partial charge in [0.05, 0.1) is 18.5 Å². The summed E-state index contributed by atoms with van der Waals surface area (Å²) < 4.78 is 46.8. The molecular formula is C23H25ClF3N9O. The van der Waals surface area contributed by atoms with Crippen molar-refractivity contribution in [3.63, 3.8) is 0 Å². The Labute approximate surface area is 215 Å². The molecule has 0 aromatic carbocycles. The van der Waals surface area contributed by atoms with Crippen molar-refractivity contribution < 1.29 is 17.9 Å². The number of halogens is 4. The van der Waals surface area contributed by atoms with E-state index in [1.807, 2.05) is 13.8 Å². The lowest BCUT2D eigenvalue weighted by Gasteiger charge is -2.26. The van der Waals surface area contributed by atoms with Crippen LogP contribution in [0.25, 0.3) is 22.6 Å². The van der Waals surface area contributed by atoms with Crippen LogP contribution in [0.1, 0.15) is 13.8 Å². The fraction of sp³-hybridized carbons (Fsp3) is 0.348. The molecule has 0 saturated carbocycles. The van der Waals surface area contributed by atoms with Gasteiger partial charge in [0.1, 0.15) is 23.1 Å². The lowest BCUT2D eigenvalue weighted by Crippen LogP contribution is -2.30. The van der Waals surface area contributed by atoms with E-state index in [-0.39, 0.29) is 5.15 Å². The maximum atomic E-state index is 12.7. The molecular weight excluding hydrogens is 511 g/mol. The Morgan fingerprint density at radius 2 is 1.92 bits per heavy atom. The van der Waals surface area contributed by atoms with E-state index in [0.29, 0.717) is 53.2 Å². The Kier molecular flexibility index (Phi) is 7.25. The molecule has 0 atom stereocenters. The summed E-state index contributed by atoms with van der Waals surface area (Å²) in [5, 5.41) is 11.8. The van der Waals surface area contributed by atoms with Gasteiger partial charge in [0, 0.05) is 48.8 Å². The summed E-state index contributed by atoms with van der Waals surface area (Å²) in [6.07, 6.45) is 1.54. The number of nitrogens with zero attached hydrogens (tertiary/aromatic N) is 7. The van der Waals surface area contributed by atoms with Gasteiger partial charge >= 0.3 is 6.18 Å². The summed E-state index contributed by atoms with van der Waals surface area (Å²) in [6.45, 7) is 3.54. The molecule has 0 aliphatic carbocycles. The Morgan fingerprint density at radius 1 is 1.14 bits per heavy atom. The monoisotopic (exact) mass is 535 g/mol. The van der Waals surface area contributed by atoms with Crippen LogP contribution in [0, 0.1) is 5.41 Å². The van der Waals surface area contributed by atoms with Crippen LogP contribution in [0.2, 0.25) is 5.15 Å². The Hall–Kier alpha value is -3.87. The van der Waals surface area contributed by atoms with Crippen LogP contribution in [0.15, 0.2) is 43.0 Å². The molecule has 196 valence electrons. The number of alkyl halides is 3. The van der Waals surface area contributed by atoms with Gasteiger partial charge in [-0.2, -0.15) is 23.4 Å². The number of aromatic nitrogens is 7. The lowest BCUT2D eigenvalue weighted by atomic mass is 9.94. The van der Waals surface area contributed by atoms with E-state index < -0.39 is 18.1 Å². The third kappa shape index (κ3) is 6.67. The predicted molar refractivity (Wildman–Crippen MR) is 133 cm³/mol. The Balaban J connectivity index is 1.47. The van der Waals surface area contributed by atoms with Gasteiger partial charge in [0.25, 0.3) is 0 Å². The molecule has 4 aromatic rings. The minimum absolute atomic E-state index is 0.233. The van der Waals surface area contributed by atoms with Gasteiger partial charge in [0.15, 0.2) is 5.82 Å². The van der Waals surface area contributed by atoms with E-state index in [4.69, 9.17) is 22.1 Å². The maximum Gasteiger partial charge on any atom is 0.408 e. The second-order valence-corrected chi connectivity index (χ2v) is 9.55. The summed E-state index contributed by atoms with van der Waals surface area (Å²) in [4.78, 5) is 12.6. The first kappa shape index (κ1) is 26.2. The molecule has 4 heterocycles. The lowest BCUT2D eigenvalue weighted by molar-refractivity contribution is -0.142. The standard InChI is InChI=1S/C23H25ClF3N9O/c1-22(2,13-37-21-15(10-32-35(21)3)20-29-6-4-19(28)33-20)11-31-17-8-18(24)30-9-14(17)16-5-7-36(34-16)12-23(25,26)27/h4-10H,11-13H2,1-3H3,(H,30,31)(H2,28,29,33). The summed E-state index contributed by atoms with van der Waals surface area (Å²) in [7, 11) is 1.75. The molecule has 0 unspecified atom stereocenters. The van der Waals surface area contributed by atoms with Crippen molar-refractivity contribution in [2.45, 2.75) is 26.6 Å². The Morgan fingerprint density at radius 3 is 2.65 bits per heavy atom. The summed E-state index contributed by atoms with van der Waals surface area (Å²) in [5.41, 5.74) is 7.44. The molecule has 4 rings (SSSR count). The van der Waals surface area contributed by atoms with E-state index in [0.717, 1.165) is 4.68 Å². The normalized spacial score (nSPS) is 12.1. The number of nitrogen functional groups attached to an aromatic ring is 1. The highest BCUT2D eigenvalue weighted by atomic mass is 35.5. The number of pyridine rings is 1. The largest absolute Gasteiger partial charge is 0.477 e. The number of hydrogen-bond acceptors (Lipinski definition) is 8. The van der Waals surface area contributed by atoms with Crippen LogP contribution in [-0.2, 0) is 13.6 Å².